The predicted octanol–water partition coefficient (Wildman–Crippen LogP) is 1.93. The minimum atomic E-state index is -0.307. The zero-order valence-electron chi connectivity index (χ0n) is 16.6. The molecule has 2 aromatic rings. The minimum Gasteiger partial charge on any atom is -0.351 e. The normalized spacial score (nSPS) is 16.2. The van der Waals surface area contributed by atoms with Gasteiger partial charge in [-0.1, -0.05) is 23.7 Å². The van der Waals surface area contributed by atoms with Gasteiger partial charge < -0.3 is 15.1 Å². The van der Waals surface area contributed by atoms with Crippen LogP contribution in [0.4, 0.5) is 0 Å². The average Bonchev–Trinajstić information content (AvgIpc) is 3.34. The Hall–Kier alpha value is -2.87. The van der Waals surface area contributed by atoms with Gasteiger partial charge in [0.05, 0.1) is 6.54 Å². The standard InChI is InChI=1S/C21H24ClN5O3/c22-16-5-1-4-15(12-16)14-26-10-11-27-18(21(26)30)13-17(24-27)20(29)23-7-3-9-25-8-2-6-19(25)28/h1,4-5,12-13H,2-3,6-11,14H2,(H,23,29). The Kier molecular flexibility index (Phi) is 6.03. The second-order valence-electron chi connectivity index (χ2n) is 7.59. The van der Waals surface area contributed by atoms with Crippen LogP contribution < -0.4 is 5.32 Å². The van der Waals surface area contributed by atoms with Crippen molar-refractivity contribution in [3.05, 3.63) is 52.3 Å². The highest BCUT2D eigenvalue weighted by Gasteiger charge is 2.28. The fraction of sp³-hybridized carbons (Fsp3) is 0.429. The molecule has 1 fully saturated rings. The molecule has 0 spiro atoms. The van der Waals surface area contributed by atoms with E-state index in [4.69, 9.17) is 11.6 Å². The van der Waals surface area contributed by atoms with Gasteiger partial charge in [-0.25, -0.2) is 0 Å². The molecule has 2 aliphatic rings. The van der Waals surface area contributed by atoms with Gasteiger partial charge in [0.25, 0.3) is 11.8 Å². The summed E-state index contributed by atoms with van der Waals surface area (Å²) in [4.78, 5) is 40.4. The largest absolute Gasteiger partial charge is 0.351 e. The molecule has 0 aliphatic carbocycles. The van der Waals surface area contributed by atoms with Gasteiger partial charge in [0.2, 0.25) is 5.91 Å². The van der Waals surface area contributed by atoms with Crippen LogP contribution in [0.2, 0.25) is 5.02 Å². The van der Waals surface area contributed by atoms with Gasteiger partial charge in [-0.15, -0.1) is 0 Å². The molecule has 8 nitrogen and oxygen atoms in total. The zero-order chi connectivity index (χ0) is 21.1. The van der Waals surface area contributed by atoms with E-state index in [9.17, 15) is 14.4 Å². The molecule has 3 amide bonds. The molecule has 1 N–H and O–H groups in total. The first-order valence-corrected chi connectivity index (χ1v) is 10.6. The van der Waals surface area contributed by atoms with Crippen molar-refractivity contribution in [3.8, 4) is 0 Å². The Balaban J connectivity index is 1.32. The maximum absolute atomic E-state index is 12.8. The zero-order valence-corrected chi connectivity index (χ0v) is 17.4. The molecular formula is C21H24ClN5O3. The highest BCUT2D eigenvalue weighted by molar-refractivity contribution is 6.30. The third-order valence-electron chi connectivity index (χ3n) is 5.42. The van der Waals surface area contributed by atoms with Crippen LogP contribution in [-0.2, 0) is 17.9 Å². The third kappa shape index (κ3) is 4.48. The molecule has 1 aromatic heterocycles. The number of nitrogens with zero attached hydrogens (tertiary/aromatic N) is 4. The van der Waals surface area contributed by atoms with Crippen molar-refractivity contribution >= 4 is 29.3 Å². The Labute approximate surface area is 179 Å². The molecule has 0 atom stereocenters. The van der Waals surface area contributed by atoms with Gasteiger partial charge in [0.1, 0.15) is 5.69 Å². The second-order valence-corrected chi connectivity index (χ2v) is 8.02. The van der Waals surface area contributed by atoms with Crippen LogP contribution in [-0.4, -0.2) is 63.5 Å². The highest BCUT2D eigenvalue weighted by atomic mass is 35.5. The summed E-state index contributed by atoms with van der Waals surface area (Å²) < 4.78 is 1.59. The molecular weight excluding hydrogens is 406 g/mol. The number of amides is 3. The molecule has 158 valence electrons. The number of rotatable bonds is 7. The summed E-state index contributed by atoms with van der Waals surface area (Å²) >= 11 is 6.03. The molecule has 4 rings (SSSR count). The van der Waals surface area contributed by atoms with Crippen LogP contribution >= 0.6 is 11.6 Å². The molecule has 0 radical (unpaired) electrons. The Morgan fingerprint density at radius 1 is 1.13 bits per heavy atom. The van der Waals surface area contributed by atoms with Gasteiger partial charge in [-0.05, 0) is 30.5 Å². The number of fused-ring (bicyclic) bond motifs is 1. The number of halogens is 1. The van der Waals surface area contributed by atoms with Crippen molar-refractivity contribution in [3.63, 3.8) is 0 Å². The van der Waals surface area contributed by atoms with Gasteiger partial charge in [-0.3, -0.25) is 19.1 Å². The van der Waals surface area contributed by atoms with Crippen LogP contribution in [0.25, 0.3) is 0 Å². The molecule has 0 unspecified atom stereocenters. The maximum Gasteiger partial charge on any atom is 0.272 e. The number of likely N-dealkylation sites (tertiary alicyclic amines) is 1. The SMILES string of the molecule is O=C(NCCCN1CCCC1=O)c1cc2n(n1)CCN(Cc1cccc(Cl)c1)C2=O. The summed E-state index contributed by atoms with van der Waals surface area (Å²) in [5.41, 5.74) is 1.61. The fourth-order valence-corrected chi connectivity index (χ4v) is 4.07. The molecule has 30 heavy (non-hydrogen) atoms. The lowest BCUT2D eigenvalue weighted by atomic mass is 10.2. The summed E-state index contributed by atoms with van der Waals surface area (Å²) in [6.45, 7) is 3.42. The second kappa shape index (κ2) is 8.87. The van der Waals surface area contributed by atoms with Crippen LogP contribution in [0, 0.1) is 0 Å². The number of benzene rings is 1. The van der Waals surface area contributed by atoms with Crippen LogP contribution in [0.1, 0.15) is 45.8 Å². The molecule has 3 heterocycles. The van der Waals surface area contributed by atoms with Crippen LogP contribution in [0.5, 0.6) is 0 Å². The number of hydrogen-bond donors (Lipinski definition) is 1. The minimum absolute atomic E-state index is 0.152. The first-order valence-electron chi connectivity index (χ1n) is 10.2. The van der Waals surface area contributed by atoms with Crippen LogP contribution in [0.15, 0.2) is 30.3 Å². The van der Waals surface area contributed by atoms with Crippen molar-refractivity contribution in [1.82, 2.24) is 24.9 Å². The van der Waals surface area contributed by atoms with Crippen LogP contribution in [0.3, 0.4) is 0 Å². The Morgan fingerprint density at radius 2 is 2.00 bits per heavy atom. The molecule has 2 aliphatic heterocycles. The van der Waals surface area contributed by atoms with E-state index >= 15 is 0 Å². The fourth-order valence-electron chi connectivity index (χ4n) is 3.86. The topological polar surface area (TPSA) is 87.5 Å². The summed E-state index contributed by atoms with van der Waals surface area (Å²) in [6.07, 6.45) is 2.22. The van der Waals surface area contributed by atoms with Crippen molar-refractivity contribution < 1.29 is 14.4 Å². The quantitative estimate of drug-likeness (QED) is 0.681. The van der Waals surface area contributed by atoms with Gasteiger partial charge in [-0.2, -0.15) is 5.10 Å². The number of carbonyl (C=O) groups excluding carboxylic acids is 3. The summed E-state index contributed by atoms with van der Waals surface area (Å²) in [6, 6.07) is 8.98. The molecule has 9 heteroatoms. The first kappa shape index (κ1) is 20.4. The van der Waals surface area contributed by atoms with Gasteiger partial charge in [0.15, 0.2) is 5.69 Å². The van der Waals surface area contributed by atoms with E-state index in [1.165, 1.54) is 0 Å². The molecule has 1 aromatic carbocycles. The lowest BCUT2D eigenvalue weighted by molar-refractivity contribution is -0.127. The van der Waals surface area contributed by atoms with E-state index in [-0.39, 0.29) is 23.4 Å². The van der Waals surface area contributed by atoms with E-state index in [1.807, 2.05) is 23.1 Å². The van der Waals surface area contributed by atoms with E-state index in [0.29, 0.717) is 56.3 Å². The molecule has 1 saturated heterocycles. The number of aromatic nitrogens is 2. The lowest BCUT2D eigenvalue weighted by Gasteiger charge is -2.27. The smallest absolute Gasteiger partial charge is 0.272 e. The summed E-state index contributed by atoms with van der Waals surface area (Å²) in [5.74, 6) is -0.275. The third-order valence-corrected chi connectivity index (χ3v) is 5.66. The summed E-state index contributed by atoms with van der Waals surface area (Å²) in [7, 11) is 0. The first-order chi connectivity index (χ1) is 14.5. The van der Waals surface area contributed by atoms with Crippen molar-refractivity contribution in [2.24, 2.45) is 0 Å². The predicted molar refractivity (Wildman–Crippen MR) is 111 cm³/mol. The highest BCUT2D eigenvalue weighted by Crippen LogP contribution is 2.18. The van der Waals surface area contributed by atoms with E-state index < -0.39 is 0 Å². The Bertz CT molecular complexity index is 973. The lowest BCUT2D eigenvalue weighted by Crippen LogP contribution is -2.39. The van der Waals surface area contributed by atoms with E-state index in [2.05, 4.69) is 10.4 Å². The monoisotopic (exact) mass is 429 g/mol. The molecule has 0 saturated carbocycles. The van der Waals surface area contributed by atoms with Gasteiger partial charge in [0, 0.05) is 50.2 Å². The molecule has 0 bridgehead atoms. The van der Waals surface area contributed by atoms with Crippen molar-refractivity contribution in [2.45, 2.75) is 32.4 Å². The summed E-state index contributed by atoms with van der Waals surface area (Å²) in [5, 5.41) is 7.76. The van der Waals surface area contributed by atoms with Gasteiger partial charge >= 0.3 is 0 Å². The van der Waals surface area contributed by atoms with E-state index in [0.717, 1.165) is 18.5 Å². The number of carbonyl (C=O) groups is 3. The van der Waals surface area contributed by atoms with Crippen molar-refractivity contribution in [2.75, 3.05) is 26.2 Å². The Morgan fingerprint density at radius 3 is 2.77 bits per heavy atom. The number of hydrogen-bond acceptors (Lipinski definition) is 4. The van der Waals surface area contributed by atoms with E-state index in [1.54, 1.807) is 21.7 Å². The van der Waals surface area contributed by atoms with Crippen molar-refractivity contribution in [1.29, 1.82) is 0 Å². The number of nitrogens with one attached hydrogen (secondary N) is 1. The average molecular weight is 430 g/mol. The maximum atomic E-state index is 12.8.